The zero-order valence-electron chi connectivity index (χ0n) is 23.7. The third-order valence-corrected chi connectivity index (χ3v) is 6.70. The molecule has 1 aliphatic rings. The molecule has 1 saturated heterocycles. The fraction of sp³-hybridized carbons (Fsp3) is 0.571. The van der Waals surface area contributed by atoms with Crippen LogP contribution in [0.2, 0.25) is 0 Å². The SMILES string of the molecule is CCCCOc1ncc(C(C)=O)cc1-c1nc2c(CC)n(C3CCN(C(=O)OC(C)(C)C)CC3)nc2c(=O)[nH]1. The van der Waals surface area contributed by atoms with E-state index in [9.17, 15) is 14.4 Å². The Kier molecular flexibility index (Phi) is 8.36. The van der Waals surface area contributed by atoms with Gasteiger partial charge in [-0.15, -0.1) is 0 Å². The van der Waals surface area contributed by atoms with E-state index in [1.54, 1.807) is 11.0 Å². The van der Waals surface area contributed by atoms with Gasteiger partial charge < -0.3 is 19.4 Å². The molecule has 11 heteroatoms. The number of piperidine rings is 1. The zero-order chi connectivity index (χ0) is 28.3. The molecule has 3 aromatic heterocycles. The first-order chi connectivity index (χ1) is 18.5. The number of hydrogen-bond donors (Lipinski definition) is 1. The lowest BCUT2D eigenvalue weighted by atomic mass is 10.0. The zero-order valence-corrected chi connectivity index (χ0v) is 23.7. The van der Waals surface area contributed by atoms with Crippen LogP contribution in [0.25, 0.3) is 22.4 Å². The number of pyridine rings is 1. The largest absolute Gasteiger partial charge is 0.477 e. The smallest absolute Gasteiger partial charge is 0.410 e. The minimum atomic E-state index is -0.548. The number of ketones is 1. The molecule has 0 aromatic carbocycles. The van der Waals surface area contributed by atoms with Gasteiger partial charge in [0.15, 0.2) is 11.3 Å². The van der Waals surface area contributed by atoms with Gasteiger partial charge in [0.2, 0.25) is 5.88 Å². The van der Waals surface area contributed by atoms with Crippen LogP contribution in [-0.4, -0.2) is 66.8 Å². The molecule has 0 spiro atoms. The molecule has 1 aliphatic heterocycles. The maximum Gasteiger partial charge on any atom is 0.410 e. The molecular weight excluding hydrogens is 500 g/mol. The normalized spacial score (nSPS) is 14.6. The molecule has 1 N–H and O–H groups in total. The van der Waals surface area contributed by atoms with E-state index < -0.39 is 5.60 Å². The number of carbonyl (C=O) groups is 2. The minimum absolute atomic E-state index is 0.0198. The summed E-state index contributed by atoms with van der Waals surface area (Å²) in [7, 11) is 0. The van der Waals surface area contributed by atoms with Crippen molar-refractivity contribution >= 4 is 22.9 Å². The number of fused-ring (bicyclic) bond motifs is 1. The Morgan fingerprint density at radius 1 is 1.15 bits per heavy atom. The van der Waals surface area contributed by atoms with Crippen molar-refractivity contribution in [3.05, 3.63) is 33.9 Å². The van der Waals surface area contributed by atoms with Crippen LogP contribution in [0, 0.1) is 0 Å². The number of amides is 1. The third-order valence-electron chi connectivity index (χ3n) is 6.70. The number of nitrogens with zero attached hydrogens (tertiary/aromatic N) is 5. The first-order valence-electron chi connectivity index (χ1n) is 13.7. The molecule has 3 aromatic rings. The molecule has 39 heavy (non-hydrogen) atoms. The fourth-order valence-electron chi connectivity index (χ4n) is 4.66. The van der Waals surface area contributed by atoms with Crippen molar-refractivity contribution < 1.29 is 19.1 Å². The number of likely N-dealkylation sites (tertiary alicyclic amines) is 1. The predicted molar refractivity (Wildman–Crippen MR) is 147 cm³/mol. The summed E-state index contributed by atoms with van der Waals surface area (Å²) in [5.41, 5.74) is 1.55. The summed E-state index contributed by atoms with van der Waals surface area (Å²) in [6.07, 6.45) is 4.95. The van der Waals surface area contributed by atoms with Crippen molar-refractivity contribution in [3.63, 3.8) is 0 Å². The second kappa shape index (κ2) is 11.5. The monoisotopic (exact) mass is 538 g/mol. The lowest BCUT2D eigenvalue weighted by molar-refractivity contribution is 0.0184. The molecule has 4 rings (SSSR count). The van der Waals surface area contributed by atoms with E-state index in [0.29, 0.717) is 61.5 Å². The van der Waals surface area contributed by atoms with Gasteiger partial charge in [-0.3, -0.25) is 14.3 Å². The highest BCUT2D eigenvalue weighted by molar-refractivity contribution is 5.95. The number of rotatable bonds is 8. The third kappa shape index (κ3) is 6.29. The fourth-order valence-corrected chi connectivity index (χ4v) is 4.66. The molecule has 0 unspecified atom stereocenters. The quantitative estimate of drug-likeness (QED) is 0.322. The topological polar surface area (TPSA) is 132 Å². The van der Waals surface area contributed by atoms with E-state index in [-0.39, 0.29) is 34.8 Å². The molecule has 0 saturated carbocycles. The van der Waals surface area contributed by atoms with Crippen LogP contribution >= 0.6 is 0 Å². The van der Waals surface area contributed by atoms with Crippen LogP contribution in [0.1, 0.15) is 89.3 Å². The van der Waals surface area contributed by atoms with Crippen molar-refractivity contribution in [2.24, 2.45) is 0 Å². The molecule has 1 amide bonds. The first-order valence-corrected chi connectivity index (χ1v) is 13.7. The van der Waals surface area contributed by atoms with Gasteiger partial charge >= 0.3 is 6.09 Å². The highest BCUT2D eigenvalue weighted by Crippen LogP contribution is 2.30. The average molecular weight is 539 g/mol. The standard InChI is InChI=1S/C28H38N6O5/c1-7-9-14-38-26-20(15-18(16-29-26)17(3)35)24-30-22-21(8-2)34(32-23(22)25(36)31-24)19-10-12-33(13-11-19)27(37)39-28(4,5)6/h15-16,19H,7-14H2,1-6H3,(H,30,31,36). The number of unbranched alkanes of at least 4 members (excludes halogenated alkanes) is 1. The van der Waals surface area contributed by atoms with Crippen molar-refractivity contribution in [3.8, 4) is 17.3 Å². The summed E-state index contributed by atoms with van der Waals surface area (Å²) in [4.78, 5) is 51.5. The Hall–Kier alpha value is -3.76. The van der Waals surface area contributed by atoms with Crippen molar-refractivity contribution in [1.29, 1.82) is 0 Å². The van der Waals surface area contributed by atoms with Gasteiger partial charge in [0, 0.05) is 24.8 Å². The number of hydrogen-bond acceptors (Lipinski definition) is 8. The summed E-state index contributed by atoms with van der Waals surface area (Å²) in [6.45, 7) is 12.6. The van der Waals surface area contributed by atoms with E-state index in [1.165, 1.54) is 13.1 Å². The van der Waals surface area contributed by atoms with Crippen LogP contribution in [-0.2, 0) is 11.2 Å². The number of H-pyrrole nitrogens is 1. The summed E-state index contributed by atoms with van der Waals surface area (Å²) in [5, 5.41) is 4.67. The van der Waals surface area contributed by atoms with E-state index in [0.717, 1.165) is 18.5 Å². The lowest BCUT2D eigenvalue weighted by Gasteiger charge is -2.34. The Morgan fingerprint density at radius 3 is 2.49 bits per heavy atom. The Labute approximate surface area is 227 Å². The maximum absolute atomic E-state index is 13.2. The van der Waals surface area contributed by atoms with Gasteiger partial charge in [0.25, 0.3) is 5.56 Å². The highest BCUT2D eigenvalue weighted by Gasteiger charge is 2.30. The minimum Gasteiger partial charge on any atom is -0.477 e. The van der Waals surface area contributed by atoms with Crippen molar-refractivity contribution in [2.75, 3.05) is 19.7 Å². The van der Waals surface area contributed by atoms with Gasteiger partial charge in [-0.05, 0) is 59.4 Å². The number of aromatic nitrogens is 5. The van der Waals surface area contributed by atoms with E-state index in [4.69, 9.17) is 14.5 Å². The van der Waals surface area contributed by atoms with Crippen molar-refractivity contribution in [1.82, 2.24) is 29.6 Å². The molecule has 4 heterocycles. The predicted octanol–water partition coefficient (Wildman–Crippen LogP) is 4.70. The van der Waals surface area contributed by atoms with E-state index >= 15 is 0 Å². The molecule has 11 nitrogen and oxygen atoms in total. The van der Waals surface area contributed by atoms with Gasteiger partial charge in [0.05, 0.1) is 23.9 Å². The number of aryl methyl sites for hydroxylation is 1. The van der Waals surface area contributed by atoms with Gasteiger partial charge in [-0.1, -0.05) is 20.3 Å². The number of aromatic amines is 1. The van der Waals surface area contributed by atoms with Crippen LogP contribution in [0.4, 0.5) is 4.79 Å². The Bertz CT molecular complexity index is 1410. The summed E-state index contributed by atoms with van der Waals surface area (Å²) < 4.78 is 13.3. The van der Waals surface area contributed by atoms with Gasteiger partial charge in [-0.2, -0.15) is 5.10 Å². The highest BCUT2D eigenvalue weighted by atomic mass is 16.6. The van der Waals surface area contributed by atoms with E-state index in [2.05, 4.69) is 22.0 Å². The van der Waals surface area contributed by atoms with Crippen LogP contribution in [0.5, 0.6) is 5.88 Å². The molecule has 0 radical (unpaired) electrons. The number of carbonyl (C=O) groups excluding carboxylic acids is 2. The summed E-state index contributed by atoms with van der Waals surface area (Å²) in [5.74, 6) is 0.451. The number of Topliss-reactive ketones (excluding diaryl/α,β-unsaturated/α-hetero) is 1. The van der Waals surface area contributed by atoms with E-state index in [1.807, 2.05) is 32.4 Å². The molecule has 0 aliphatic carbocycles. The van der Waals surface area contributed by atoms with Crippen LogP contribution in [0.3, 0.4) is 0 Å². The second-order valence-corrected chi connectivity index (χ2v) is 10.9. The van der Waals surface area contributed by atoms with Crippen LogP contribution < -0.4 is 10.3 Å². The summed E-state index contributed by atoms with van der Waals surface area (Å²) in [6, 6.07) is 1.68. The Morgan fingerprint density at radius 2 is 1.87 bits per heavy atom. The molecular formula is C28H38N6O5. The molecule has 210 valence electrons. The van der Waals surface area contributed by atoms with Crippen molar-refractivity contribution in [2.45, 2.75) is 85.3 Å². The Balaban J connectivity index is 1.68. The average Bonchev–Trinajstić information content (AvgIpc) is 3.27. The first kappa shape index (κ1) is 28.3. The molecule has 1 fully saturated rings. The van der Waals surface area contributed by atoms with Crippen LogP contribution in [0.15, 0.2) is 17.1 Å². The van der Waals surface area contributed by atoms with Gasteiger partial charge in [-0.25, -0.2) is 14.8 Å². The lowest BCUT2D eigenvalue weighted by Crippen LogP contribution is -2.42. The number of ether oxygens (including phenoxy) is 2. The second-order valence-electron chi connectivity index (χ2n) is 10.9. The van der Waals surface area contributed by atoms with Gasteiger partial charge in [0.1, 0.15) is 16.9 Å². The molecule has 0 bridgehead atoms. The number of nitrogens with one attached hydrogen (secondary N) is 1. The maximum atomic E-state index is 13.2. The summed E-state index contributed by atoms with van der Waals surface area (Å²) >= 11 is 0. The molecule has 0 atom stereocenters.